The zero-order chi connectivity index (χ0) is 15.7. The van der Waals surface area contributed by atoms with Crippen molar-refractivity contribution in [1.29, 1.82) is 0 Å². The summed E-state index contributed by atoms with van der Waals surface area (Å²) in [5, 5.41) is 10.1. The van der Waals surface area contributed by atoms with Gasteiger partial charge in [-0.1, -0.05) is 13.8 Å². The summed E-state index contributed by atoms with van der Waals surface area (Å²) in [5.74, 6) is -0.664. The van der Waals surface area contributed by atoms with Crippen LogP contribution in [0.25, 0.3) is 0 Å². The minimum Gasteiger partial charge on any atom is -0.504 e. The van der Waals surface area contributed by atoms with Gasteiger partial charge in [-0.3, -0.25) is 4.55 Å². The lowest BCUT2D eigenvalue weighted by Gasteiger charge is -2.22. The summed E-state index contributed by atoms with van der Waals surface area (Å²) in [4.78, 5) is -0.346. The highest BCUT2D eigenvalue weighted by atomic mass is 32.2. The Morgan fingerprint density at radius 3 is 2.05 bits per heavy atom. The lowest BCUT2D eigenvalue weighted by molar-refractivity contribution is 0.322. The highest BCUT2D eigenvalue weighted by molar-refractivity contribution is 7.86. The van der Waals surface area contributed by atoms with Gasteiger partial charge in [0.2, 0.25) is 5.75 Å². The summed E-state index contributed by atoms with van der Waals surface area (Å²) in [6, 6.07) is 0. The van der Waals surface area contributed by atoms with Gasteiger partial charge in [0, 0.05) is 0 Å². The number of hydrogen-bond acceptors (Lipinski definition) is 5. The second-order valence-corrected chi connectivity index (χ2v) is 5.93. The van der Waals surface area contributed by atoms with E-state index >= 15 is 0 Å². The van der Waals surface area contributed by atoms with E-state index in [1.165, 1.54) is 14.2 Å². The van der Waals surface area contributed by atoms with Crippen molar-refractivity contribution in [3.05, 3.63) is 11.1 Å². The molecule has 1 rings (SSSR count). The van der Waals surface area contributed by atoms with Gasteiger partial charge >= 0.3 is 0 Å². The molecule has 2 N–H and O–H groups in total. The third-order valence-electron chi connectivity index (χ3n) is 3.40. The van der Waals surface area contributed by atoms with Crippen LogP contribution in [0, 0.1) is 6.92 Å². The van der Waals surface area contributed by atoms with E-state index < -0.39 is 10.1 Å². The Morgan fingerprint density at radius 1 is 1.20 bits per heavy atom. The zero-order valence-electron chi connectivity index (χ0n) is 12.2. The molecule has 0 saturated carbocycles. The molecule has 114 valence electrons. The molecule has 0 aliphatic carbocycles. The third kappa shape index (κ3) is 2.69. The van der Waals surface area contributed by atoms with E-state index in [0.717, 1.165) is 0 Å². The van der Waals surface area contributed by atoms with Crippen LogP contribution < -0.4 is 9.47 Å². The van der Waals surface area contributed by atoms with Crippen molar-refractivity contribution in [1.82, 2.24) is 0 Å². The van der Waals surface area contributed by atoms with E-state index in [2.05, 4.69) is 0 Å². The summed E-state index contributed by atoms with van der Waals surface area (Å²) < 4.78 is 43.0. The molecule has 20 heavy (non-hydrogen) atoms. The molecule has 1 atom stereocenters. The topological polar surface area (TPSA) is 93.1 Å². The van der Waals surface area contributed by atoms with Gasteiger partial charge in [-0.05, 0) is 30.4 Å². The van der Waals surface area contributed by atoms with Gasteiger partial charge in [0.25, 0.3) is 10.1 Å². The normalized spacial score (nSPS) is 13.1. The van der Waals surface area contributed by atoms with E-state index in [1.54, 1.807) is 6.92 Å². The van der Waals surface area contributed by atoms with Crippen molar-refractivity contribution in [2.75, 3.05) is 14.2 Å². The van der Waals surface area contributed by atoms with Crippen LogP contribution >= 0.6 is 0 Å². The predicted molar refractivity (Wildman–Crippen MR) is 74.5 cm³/mol. The van der Waals surface area contributed by atoms with Gasteiger partial charge < -0.3 is 14.6 Å². The maximum atomic E-state index is 11.7. The molecule has 0 amide bonds. The maximum Gasteiger partial charge on any atom is 0.298 e. The number of methoxy groups -OCH3 is 2. The number of phenols is 1. The second-order valence-electron chi connectivity index (χ2n) is 4.57. The van der Waals surface area contributed by atoms with Gasteiger partial charge in [-0.15, -0.1) is 0 Å². The number of aromatic hydroxyl groups is 1. The van der Waals surface area contributed by atoms with Crippen LogP contribution in [0.15, 0.2) is 4.90 Å². The van der Waals surface area contributed by atoms with Crippen molar-refractivity contribution in [3.8, 4) is 17.2 Å². The fraction of sp³-hybridized carbons (Fsp3) is 0.538. The van der Waals surface area contributed by atoms with Crippen molar-refractivity contribution in [2.24, 2.45) is 0 Å². The first-order chi connectivity index (χ1) is 9.20. The van der Waals surface area contributed by atoms with Crippen LogP contribution in [0.1, 0.15) is 37.3 Å². The minimum atomic E-state index is -4.52. The predicted octanol–water partition coefficient (Wildman–Crippen LogP) is 2.48. The van der Waals surface area contributed by atoms with Gasteiger partial charge in [-0.25, -0.2) is 0 Å². The lowest BCUT2D eigenvalue weighted by atomic mass is 9.93. The molecule has 0 heterocycles. The fourth-order valence-corrected chi connectivity index (χ4v) is 3.27. The highest BCUT2D eigenvalue weighted by Crippen LogP contribution is 2.48. The Kier molecular flexibility index (Phi) is 4.88. The second kappa shape index (κ2) is 5.88. The number of hydrogen-bond donors (Lipinski definition) is 2. The Bertz CT molecular complexity index is 606. The molecule has 0 bridgehead atoms. The van der Waals surface area contributed by atoms with Gasteiger partial charge in [0.1, 0.15) is 4.90 Å². The zero-order valence-corrected chi connectivity index (χ0v) is 13.0. The number of rotatable bonds is 5. The monoisotopic (exact) mass is 304 g/mol. The highest BCUT2D eigenvalue weighted by Gasteiger charge is 2.32. The van der Waals surface area contributed by atoms with E-state index in [0.29, 0.717) is 17.5 Å². The number of ether oxygens (including phenoxy) is 2. The molecule has 0 saturated heterocycles. The number of benzene rings is 1. The molecule has 0 aromatic heterocycles. The summed E-state index contributed by atoms with van der Waals surface area (Å²) in [6.45, 7) is 5.27. The minimum absolute atomic E-state index is 0.107. The molecule has 1 aromatic carbocycles. The molecule has 0 fully saturated rings. The van der Waals surface area contributed by atoms with Gasteiger partial charge in [0.05, 0.1) is 14.2 Å². The van der Waals surface area contributed by atoms with E-state index in [4.69, 9.17) is 9.47 Å². The first kappa shape index (κ1) is 16.6. The quantitative estimate of drug-likeness (QED) is 0.812. The summed E-state index contributed by atoms with van der Waals surface area (Å²) in [7, 11) is -1.98. The number of phenolic OH excluding ortho intramolecular Hbond substituents is 1. The first-order valence-electron chi connectivity index (χ1n) is 6.15. The van der Waals surface area contributed by atoms with Crippen molar-refractivity contribution in [2.45, 2.75) is 38.0 Å². The van der Waals surface area contributed by atoms with E-state index in [1.807, 2.05) is 13.8 Å². The Balaban J connectivity index is 3.97. The Labute approximate surface area is 119 Å². The lowest BCUT2D eigenvalue weighted by Crippen LogP contribution is -2.11. The Morgan fingerprint density at radius 2 is 1.70 bits per heavy atom. The van der Waals surface area contributed by atoms with Crippen molar-refractivity contribution >= 4 is 10.1 Å². The van der Waals surface area contributed by atoms with Crippen LogP contribution in [0.2, 0.25) is 0 Å². The molecule has 6 nitrogen and oxygen atoms in total. The van der Waals surface area contributed by atoms with E-state index in [9.17, 15) is 18.1 Å². The SMILES string of the molecule is CCC(C)c1c(C)c(O)c(OC)c(OC)c1S(=O)(=O)O. The average molecular weight is 304 g/mol. The molecule has 0 aliphatic rings. The molecule has 1 aromatic rings. The summed E-state index contributed by atoms with van der Waals surface area (Å²) in [6.07, 6.45) is 0.637. The van der Waals surface area contributed by atoms with Crippen LogP contribution in [0.5, 0.6) is 17.2 Å². The first-order valence-corrected chi connectivity index (χ1v) is 7.59. The largest absolute Gasteiger partial charge is 0.504 e. The molecule has 1 unspecified atom stereocenters. The van der Waals surface area contributed by atoms with E-state index in [-0.39, 0.29) is 28.1 Å². The molecule has 7 heteroatoms. The fourth-order valence-electron chi connectivity index (χ4n) is 2.23. The van der Waals surface area contributed by atoms with Crippen LogP contribution in [0.4, 0.5) is 0 Å². The maximum absolute atomic E-state index is 11.7. The average Bonchev–Trinajstić information content (AvgIpc) is 2.38. The molecule has 0 radical (unpaired) electrons. The third-order valence-corrected chi connectivity index (χ3v) is 4.32. The van der Waals surface area contributed by atoms with Crippen molar-refractivity contribution < 1.29 is 27.6 Å². The summed E-state index contributed by atoms with van der Waals surface area (Å²) >= 11 is 0. The van der Waals surface area contributed by atoms with Crippen LogP contribution in [-0.4, -0.2) is 32.3 Å². The van der Waals surface area contributed by atoms with Gasteiger partial charge in [-0.2, -0.15) is 8.42 Å². The van der Waals surface area contributed by atoms with Crippen LogP contribution in [-0.2, 0) is 10.1 Å². The van der Waals surface area contributed by atoms with Crippen LogP contribution in [0.3, 0.4) is 0 Å². The molecule has 0 aliphatic heterocycles. The summed E-state index contributed by atoms with van der Waals surface area (Å²) in [5.41, 5.74) is 0.690. The smallest absolute Gasteiger partial charge is 0.298 e. The molecular formula is C13H20O6S. The molecular weight excluding hydrogens is 284 g/mol. The van der Waals surface area contributed by atoms with Gasteiger partial charge in [0.15, 0.2) is 11.5 Å². The Hall–Kier alpha value is -1.47. The standard InChI is InChI=1S/C13H20O6S/c1-6-7(2)9-8(3)10(14)11(18-4)12(19-5)13(9)20(15,16)17/h7,14H,6H2,1-5H3,(H,15,16,17). The van der Waals surface area contributed by atoms with Crippen molar-refractivity contribution in [3.63, 3.8) is 0 Å². The molecule has 0 spiro atoms.